The van der Waals surface area contributed by atoms with Gasteiger partial charge in [0.2, 0.25) is 6.29 Å². The Hall–Kier alpha value is -3.18. The minimum absolute atomic E-state index is 0.123. The van der Waals surface area contributed by atoms with E-state index >= 15 is 0 Å². The van der Waals surface area contributed by atoms with Gasteiger partial charge >= 0.3 is 0 Å². The largest absolute Gasteiger partial charge is 0.507 e. The van der Waals surface area contributed by atoms with E-state index in [4.69, 9.17) is 18.9 Å². The number of rotatable bonds is 5. The summed E-state index contributed by atoms with van der Waals surface area (Å²) in [7, 11) is 0. The summed E-state index contributed by atoms with van der Waals surface area (Å²) >= 11 is 0. The van der Waals surface area contributed by atoms with Gasteiger partial charge in [0.05, 0.1) is 24.3 Å². The molecule has 40 heavy (non-hydrogen) atoms. The van der Waals surface area contributed by atoms with Crippen molar-refractivity contribution in [1.82, 2.24) is 0 Å². The molecular formula is C26H28O14. The van der Waals surface area contributed by atoms with Gasteiger partial charge in [-0.05, 0) is 30.7 Å². The third kappa shape index (κ3) is 4.62. The molecule has 0 saturated carbocycles. The summed E-state index contributed by atoms with van der Waals surface area (Å²) in [4.78, 5) is 26.2. The van der Waals surface area contributed by atoms with Crippen LogP contribution in [0.5, 0.6) is 17.2 Å². The van der Waals surface area contributed by atoms with Crippen LogP contribution in [0.2, 0.25) is 0 Å². The summed E-state index contributed by atoms with van der Waals surface area (Å²) in [5.41, 5.74) is -0.511. The van der Waals surface area contributed by atoms with E-state index in [9.17, 15) is 50.4 Å². The summed E-state index contributed by atoms with van der Waals surface area (Å²) in [5, 5.41) is 81.9. The van der Waals surface area contributed by atoms with Gasteiger partial charge in [-0.3, -0.25) is 9.59 Å². The molecule has 0 spiro atoms. The predicted octanol–water partition coefficient (Wildman–Crippen LogP) is -2.18. The van der Waals surface area contributed by atoms with Crippen molar-refractivity contribution in [3.05, 3.63) is 52.1 Å². The summed E-state index contributed by atoms with van der Waals surface area (Å²) in [5.74, 6) is -2.94. The minimum atomic E-state index is -1.84. The van der Waals surface area contributed by atoms with E-state index in [0.29, 0.717) is 5.56 Å². The molecule has 216 valence electrons. The Morgan fingerprint density at radius 1 is 0.775 bits per heavy atom. The normalized spacial score (nSPS) is 33.8. The molecule has 9 atom stereocenters. The fourth-order valence-electron chi connectivity index (χ4n) is 4.86. The fourth-order valence-corrected chi connectivity index (χ4v) is 4.86. The van der Waals surface area contributed by atoms with Gasteiger partial charge in [-0.1, -0.05) is 6.07 Å². The number of phenols is 2. The Bertz CT molecular complexity index is 1330. The van der Waals surface area contributed by atoms with E-state index in [1.807, 2.05) is 0 Å². The molecule has 0 bridgehead atoms. The molecule has 2 aromatic rings. The minimum Gasteiger partial charge on any atom is -0.507 e. The number of hydrogen-bond acceptors (Lipinski definition) is 14. The lowest BCUT2D eigenvalue weighted by atomic mass is 9.82. The van der Waals surface area contributed by atoms with Gasteiger partial charge in [-0.2, -0.15) is 0 Å². The lowest BCUT2D eigenvalue weighted by Crippen LogP contribution is -2.61. The zero-order valence-electron chi connectivity index (χ0n) is 20.9. The first-order valence-electron chi connectivity index (χ1n) is 12.3. The van der Waals surface area contributed by atoms with Crippen LogP contribution < -0.4 is 4.74 Å². The van der Waals surface area contributed by atoms with Gasteiger partial charge in [0.1, 0.15) is 48.5 Å². The highest BCUT2D eigenvalue weighted by atomic mass is 16.7. The molecular weight excluding hydrogens is 536 g/mol. The van der Waals surface area contributed by atoms with Crippen LogP contribution in [0.25, 0.3) is 0 Å². The number of ketones is 2. The third-order valence-corrected chi connectivity index (χ3v) is 7.25. The summed E-state index contributed by atoms with van der Waals surface area (Å²) in [6.45, 7) is 0.694. The molecule has 2 saturated heterocycles. The molecule has 0 radical (unpaired) electrons. The van der Waals surface area contributed by atoms with E-state index in [0.717, 1.165) is 6.07 Å². The predicted molar refractivity (Wildman–Crippen MR) is 129 cm³/mol. The van der Waals surface area contributed by atoms with Gasteiger partial charge < -0.3 is 59.8 Å². The number of carbonyl (C=O) groups is 2. The van der Waals surface area contributed by atoms with Crippen molar-refractivity contribution in [3.8, 4) is 17.2 Å². The molecule has 3 aliphatic rings. The van der Waals surface area contributed by atoms with E-state index in [2.05, 4.69) is 0 Å². The van der Waals surface area contributed by atoms with Crippen molar-refractivity contribution < 1.29 is 69.4 Å². The Morgan fingerprint density at radius 3 is 2.05 bits per heavy atom. The lowest BCUT2D eigenvalue weighted by Gasteiger charge is -2.41. The van der Waals surface area contributed by atoms with Gasteiger partial charge in [-0.15, -0.1) is 0 Å². The van der Waals surface area contributed by atoms with Gasteiger partial charge in [0.15, 0.2) is 29.4 Å². The Kier molecular flexibility index (Phi) is 7.56. The number of aryl methyl sites for hydroxylation is 1. The molecule has 0 aromatic heterocycles. The van der Waals surface area contributed by atoms with Gasteiger partial charge in [0, 0.05) is 11.1 Å². The number of carbonyl (C=O) groups excluding carboxylic acids is 2. The van der Waals surface area contributed by atoms with Crippen molar-refractivity contribution >= 4 is 11.6 Å². The van der Waals surface area contributed by atoms with Crippen LogP contribution in [0.1, 0.15) is 37.4 Å². The molecule has 2 heterocycles. The maximum atomic E-state index is 13.2. The Labute approximate surface area is 226 Å². The highest BCUT2D eigenvalue weighted by Gasteiger charge is 2.47. The molecule has 1 aliphatic carbocycles. The van der Waals surface area contributed by atoms with Crippen LogP contribution >= 0.6 is 0 Å². The number of aliphatic hydroxyl groups excluding tert-OH is 6. The number of benzene rings is 2. The van der Waals surface area contributed by atoms with Gasteiger partial charge in [0.25, 0.3) is 0 Å². The number of fused-ring (bicyclic) bond motifs is 2. The van der Waals surface area contributed by atoms with Crippen LogP contribution in [-0.4, -0.2) is 121 Å². The van der Waals surface area contributed by atoms with E-state index < -0.39 is 90.5 Å². The average molecular weight is 564 g/mol. The number of hydrogen-bond donors (Lipinski definition) is 8. The quantitative estimate of drug-likeness (QED) is 0.165. The van der Waals surface area contributed by atoms with Crippen molar-refractivity contribution in [1.29, 1.82) is 0 Å². The number of ether oxygens (including phenoxy) is 4. The monoisotopic (exact) mass is 564 g/mol. The number of aliphatic hydroxyl groups is 6. The Morgan fingerprint density at radius 2 is 1.38 bits per heavy atom. The second-order valence-electron chi connectivity index (χ2n) is 9.86. The first kappa shape index (κ1) is 28.4. The molecule has 2 aromatic carbocycles. The highest BCUT2D eigenvalue weighted by molar-refractivity contribution is 6.30. The SMILES string of the molecule is Cc1ccc2c(c1O)C(=O)c1ccc(O[C@H]3O[C@@H](CO[C@H]4OC[C@H](O)[C@@H](O)[C@@H]4O)[C@H](O)[C@@H](O)[C@@H]3O)c(O)c1C2=O. The summed E-state index contributed by atoms with van der Waals surface area (Å²) < 4.78 is 21.6. The number of phenolic OH excluding ortho intramolecular Hbond substituents is 2. The topological polar surface area (TPSA) is 233 Å². The maximum Gasteiger partial charge on any atom is 0.229 e. The average Bonchev–Trinajstić information content (AvgIpc) is 2.93. The maximum absolute atomic E-state index is 13.2. The molecule has 0 unspecified atom stereocenters. The Balaban J connectivity index is 1.35. The van der Waals surface area contributed by atoms with Crippen LogP contribution in [0.3, 0.4) is 0 Å². The molecule has 14 nitrogen and oxygen atoms in total. The second kappa shape index (κ2) is 10.7. The highest BCUT2D eigenvalue weighted by Crippen LogP contribution is 2.42. The van der Waals surface area contributed by atoms with Crippen molar-refractivity contribution in [2.45, 2.75) is 62.2 Å². The van der Waals surface area contributed by atoms with Crippen LogP contribution in [-0.2, 0) is 14.2 Å². The molecule has 0 amide bonds. The van der Waals surface area contributed by atoms with Crippen molar-refractivity contribution in [2.24, 2.45) is 0 Å². The second-order valence-corrected chi connectivity index (χ2v) is 9.86. The first-order valence-corrected chi connectivity index (χ1v) is 12.3. The van der Waals surface area contributed by atoms with Crippen molar-refractivity contribution in [2.75, 3.05) is 13.2 Å². The zero-order valence-corrected chi connectivity index (χ0v) is 20.9. The number of aromatic hydroxyl groups is 2. The molecule has 14 heteroatoms. The lowest BCUT2D eigenvalue weighted by molar-refractivity contribution is -0.307. The first-order chi connectivity index (χ1) is 18.9. The fraction of sp³-hybridized carbons (Fsp3) is 0.462. The van der Waals surface area contributed by atoms with Crippen LogP contribution in [0.4, 0.5) is 0 Å². The van der Waals surface area contributed by atoms with E-state index in [-0.39, 0.29) is 29.0 Å². The zero-order chi connectivity index (χ0) is 29.0. The molecule has 2 aliphatic heterocycles. The standard InChI is InChI=1S/C26H28O14/c1-8-2-3-9-14(16(8)28)17(29)10-4-5-12(20(32)15(10)18(9)30)39-26-24(36)22(34)21(33)13(40-26)7-38-25-23(35)19(31)11(27)6-37-25/h2-5,11,13,19,21-28,31-36H,6-7H2,1H3/t11-,13-,19+,21-,22+,23-,24-,25+,26-/m0/s1. The van der Waals surface area contributed by atoms with E-state index in [1.165, 1.54) is 18.2 Å². The van der Waals surface area contributed by atoms with Crippen molar-refractivity contribution in [3.63, 3.8) is 0 Å². The molecule has 2 fully saturated rings. The van der Waals surface area contributed by atoms with Crippen LogP contribution in [0.15, 0.2) is 24.3 Å². The van der Waals surface area contributed by atoms with Crippen LogP contribution in [0, 0.1) is 6.92 Å². The summed E-state index contributed by atoms with van der Waals surface area (Å²) in [6, 6.07) is 5.12. The summed E-state index contributed by atoms with van der Waals surface area (Å²) in [6.07, 6.45) is -14.4. The van der Waals surface area contributed by atoms with E-state index in [1.54, 1.807) is 6.92 Å². The molecule has 8 N–H and O–H groups in total. The molecule has 5 rings (SSSR count). The third-order valence-electron chi connectivity index (χ3n) is 7.25. The smallest absolute Gasteiger partial charge is 0.229 e. The van der Waals surface area contributed by atoms with Gasteiger partial charge in [-0.25, -0.2) is 0 Å².